The highest BCUT2D eigenvalue weighted by atomic mass is 31.2. The predicted molar refractivity (Wildman–Crippen MR) is 81.8 cm³/mol. The molecule has 0 aromatic heterocycles. The molecule has 6 heteroatoms. The fourth-order valence-corrected chi connectivity index (χ4v) is 3.27. The zero-order valence-electron chi connectivity index (χ0n) is 12.3. The van der Waals surface area contributed by atoms with Crippen molar-refractivity contribution in [2.75, 3.05) is 13.2 Å². The molecular formula is C15H19O5P. The van der Waals surface area contributed by atoms with Gasteiger partial charge in [-0.15, -0.1) is 0 Å². The Bertz CT molecular complexity index is 673. The van der Waals surface area contributed by atoms with Gasteiger partial charge >= 0.3 is 7.82 Å². The minimum absolute atomic E-state index is 0.181. The van der Waals surface area contributed by atoms with Crippen LogP contribution >= 0.6 is 7.82 Å². The van der Waals surface area contributed by atoms with Crippen LogP contribution in [-0.2, 0) is 13.6 Å². The van der Waals surface area contributed by atoms with Gasteiger partial charge in [-0.3, -0.25) is 9.05 Å². The van der Waals surface area contributed by atoms with Gasteiger partial charge in [0.25, 0.3) is 0 Å². The number of fused-ring (bicyclic) bond motifs is 1. The molecule has 2 aromatic rings. The van der Waals surface area contributed by atoms with Gasteiger partial charge in [-0.25, -0.2) is 4.57 Å². The minimum Gasteiger partial charge on any atom is -0.507 e. The van der Waals surface area contributed by atoms with E-state index >= 15 is 0 Å². The number of aryl methyl sites for hydroxylation is 1. The maximum absolute atomic E-state index is 12.5. The first kappa shape index (κ1) is 15.8. The van der Waals surface area contributed by atoms with Crippen molar-refractivity contribution in [2.45, 2.75) is 20.8 Å². The fourth-order valence-electron chi connectivity index (χ4n) is 2.06. The number of phenols is 1. The van der Waals surface area contributed by atoms with E-state index in [9.17, 15) is 9.67 Å². The second-order valence-corrected chi connectivity index (χ2v) is 6.05. The number of hydrogen-bond donors (Lipinski definition) is 1. The van der Waals surface area contributed by atoms with E-state index in [1.54, 1.807) is 39.0 Å². The molecule has 21 heavy (non-hydrogen) atoms. The van der Waals surface area contributed by atoms with Crippen LogP contribution in [0.25, 0.3) is 10.8 Å². The van der Waals surface area contributed by atoms with Crippen molar-refractivity contribution in [1.29, 1.82) is 0 Å². The lowest BCUT2D eigenvalue weighted by atomic mass is 10.1. The van der Waals surface area contributed by atoms with Gasteiger partial charge in [0.1, 0.15) is 11.5 Å². The van der Waals surface area contributed by atoms with E-state index in [0.29, 0.717) is 22.1 Å². The van der Waals surface area contributed by atoms with Crippen LogP contribution in [0.15, 0.2) is 30.3 Å². The first-order valence-electron chi connectivity index (χ1n) is 6.80. The summed E-state index contributed by atoms with van der Waals surface area (Å²) < 4.78 is 28.3. The molecule has 0 aliphatic heterocycles. The number of phenolic OH excluding ortho intramolecular Hbond substituents is 1. The largest absolute Gasteiger partial charge is 0.530 e. The molecule has 2 aromatic carbocycles. The molecule has 0 saturated carbocycles. The Labute approximate surface area is 124 Å². The summed E-state index contributed by atoms with van der Waals surface area (Å²) in [6.07, 6.45) is 0. The molecule has 0 amide bonds. The predicted octanol–water partition coefficient (Wildman–Crippen LogP) is 4.41. The highest BCUT2D eigenvalue weighted by Crippen LogP contribution is 2.51. The third-order valence-electron chi connectivity index (χ3n) is 2.95. The van der Waals surface area contributed by atoms with Crippen LogP contribution in [0.2, 0.25) is 0 Å². The number of phosphoric acid groups is 1. The summed E-state index contributed by atoms with van der Waals surface area (Å²) in [5.41, 5.74) is 0.628. The summed E-state index contributed by atoms with van der Waals surface area (Å²) in [7, 11) is -3.66. The normalized spacial score (nSPS) is 11.8. The zero-order chi connectivity index (χ0) is 15.5. The van der Waals surface area contributed by atoms with Crippen LogP contribution in [0, 0.1) is 6.92 Å². The maximum atomic E-state index is 12.5. The summed E-state index contributed by atoms with van der Waals surface area (Å²) in [5, 5.41) is 11.4. The average Bonchev–Trinajstić information content (AvgIpc) is 2.45. The van der Waals surface area contributed by atoms with Gasteiger partial charge in [0.2, 0.25) is 0 Å². The SMILES string of the molecule is CCOP(=O)(OCC)Oc1cc(C)c(O)c2ccccc12. The van der Waals surface area contributed by atoms with E-state index in [1.807, 2.05) is 12.1 Å². The lowest BCUT2D eigenvalue weighted by Crippen LogP contribution is -2.03. The smallest absolute Gasteiger partial charge is 0.507 e. The monoisotopic (exact) mass is 310 g/mol. The number of benzene rings is 2. The molecule has 5 nitrogen and oxygen atoms in total. The summed E-state index contributed by atoms with van der Waals surface area (Å²) >= 11 is 0. The van der Waals surface area contributed by atoms with E-state index in [2.05, 4.69) is 0 Å². The summed E-state index contributed by atoms with van der Waals surface area (Å²) in [6.45, 7) is 5.61. The average molecular weight is 310 g/mol. The van der Waals surface area contributed by atoms with E-state index in [-0.39, 0.29) is 19.0 Å². The summed E-state index contributed by atoms with van der Waals surface area (Å²) in [6, 6.07) is 8.82. The Morgan fingerprint density at radius 3 is 2.24 bits per heavy atom. The Morgan fingerprint density at radius 1 is 1.10 bits per heavy atom. The van der Waals surface area contributed by atoms with Gasteiger partial charge < -0.3 is 9.63 Å². The Balaban J connectivity index is 2.51. The maximum Gasteiger partial charge on any atom is 0.530 e. The molecule has 0 radical (unpaired) electrons. The van der Waals surface area contributed by atoms with Crippen molar-refractivity contribution in [2.24, 2.45) is 0 Å². The van der Waals surface area contributed by atoms with Crippen molar-refractivity contribution < 1.29 is 23.2 Å². The number of phosphoric ester groups is 1. The molecule has 0 heterocycles. The van der Waals surface area contributed by atoms with Gasteiger partial charge in [0.05, 0.1) is 13.2 Å². The Kier molecular flexibility index (Phi) is 4.88. The number of rotatable bonds is 6. The van der Waals surface area contributed by atoms with Crippen LogP contribution in [0.4, 0.5) is 0 Å². The van der Waals surface area contributed by atoms with E-state index in [4.69, 9.17) is 13.6 Å². The second kappa shape index (κ2) is 6.48. The van der Waals surface area contributed by atoms with Crippen molar-refractivity contribution in [3.05, 3.63) is 35.9 Å². The van der Waals surface area contributed by atoms with Crippen LogP contribution in [0.3, 0.4) is 0 Å². The molecule has 2 rings (SSSR count). The molecule has 0 atom stereocenters. The van der Waals surface area contributed by atoms with Crippen LogP contribution in [0.5, 0.6) is 11.5 Å². The molecule has 0 saturated heterocycles. The summed E-state index contributed by atoms with van der Waals surface area (Å²) in [4.78, 5) is 0. The van der Waals surface area contributed by atoms with E-state index in [0.717, 1.165) is 0 Å². The minimum atomic E-state index is -3.66. The molecular weight excluding hydrogens is 291 g/mol. The summed E-state index contributed by atoms with van der Waals surface area (Å²) in [5.74, 6) is 0.548. The highest BCUT2D eigenvalue weighted by molar-refractivity contribution is 7.48. The Hall–Kier alpha value is -1.55. The molecule has 0 aliphatic carbocycles. The van der Waals surface area contributed by atoms with Crippen molar-refractivity contribution in [3.63, 3.8) is 0 Å². The molecule has 0 spiro atoms. The van der Waals surface area contributed by atoms with Gasteiger partial charge in [-0.2, -0.15) is 0 Å². The molecule has 114 valence electrons. The molecule has 0 fully saturated rings. The van der Waals surface area contributed by atoms with Gasteiger partial charge in [0, 0.05) is 10.8 Å². The number of hydrogen-bond acceptors (Lipinski definition) is 5. The van der Waals surface area contributed by atoms with Gasteiger partial charge in [-0.1, -0.05) is 24.3 Å². The first-order valence-corrected chi connectivity index (χ1v) is 8.26. The number of aromatic hydroxyl groups is 1. The lowest BCUT2D eigenvalue weighted by Gasteiger charge is -2.19. The third-order valence-corrected chi connectivity index (χ3v) is 4.52. The van der Waals surface area contributed by atoms with E-state index in [1.165, 1.54) is 0 Å². The van der Waals surface area contributed by atoms with Gasteiger partial charge in [0.15, 0.2) is 0 Å². The topological polar surface area (TPSA) is 65.0 Å². The van der Waals surface area contributed by atoms with Gasteiger partial charge in [-0.05, 0) is 32.4 Å². The molecule has 0 aliphatic rings. The quantitative estimate of drug-likeness (QED) is 0.800. The standard InChI is InChI=1S/C15H19O5P/c1-4-18-21(17,19-5-2)20-14-10-11(3)15(16)13-9-7-6-8-12(13)14/h6-10,16H,4-5H2,1-3H3. The second-order valence-electron chi connectivity index (χ2n) is 4.46. The third kappa shape index (κ3) is 3.38. The molecule has 0 unspecified atom stereocenters. The molecule has 0 bridgehead atoms. The van der Waals surface area contributed by atoms with E-state index < -0.39 is 7.82 Å². The van der Waals surface area contributed by atoms with Crippen molar-refractivity contribution >= 4 is 18.6 Å². The fraction of sp³-hybridized carbons (Fsp3) is 0.333. The van der Waals surface area contributed by atoms with Crippen LogP contribution in [0.1, 0.15) is 19.4 Å². The Morgan fingerprint density at radius 2 is 1.67 bits per heavy atom. The highest BCUT2D eigenvalue weighted by Gasteiger charge is 2.28. The van der Waals surface area contributed by atoms with Crippen LogP contribution in [-0.4, -0.2) is 18.3 Å². The molecule has 1 N–H and O–H groups in total. The lowest BCUT2D eigenvalue weighted by molar-refractivity contribution is 0.168. The van der Waals surface area contributed by atoms with Crippen LogP contribution < -0.4 is 4.52 Å². The first-order chi connectivity index (χ1) is 10.0. The van der Waals surface area contributed by atoms with Crippen molar-refractivity contribution in [3.8, 4) is 11.5 Å². The van der Waals surface area contributed by atoms with Crippen molar-refractivity contribution in [1.82, 2.24) is 0 Å². The zero-order valence-corrected chi connectivity index (χ0v) is 13.2.